The Hall–Kier alpha value is -2.89. The van der Waals surface area contributed by atoms with Gasteiger partial charge in [-0.15, -0.1) is 0 Å². The van der Waals surface area contributed by atoms with E-state index in [1.54, 1.807) is 6.07 Å². The van der Waals surface area contributed by atoms with Crippen molar-refractivity contribution in [2.24, 2.45) is 0 Å². The number of aryl methyl sites for hydroxylation is 1. The molecule has 5 nitrogen and oxygen atoms in total. The molecule has 30 heavy (non-hydrogen) atoms. The fourth-order valence-electron chi connectivity index (χ4n) is 3.64. The Kier molecular flexibility index (Phi) is 6.62. The lowest BCUT2D eigenvalue weighted by atomic mass is 10.2. The van der Waals surface area contributed by atoms with Gasteiger partial charge >= 0.3 is 0 Å². The Morgan fingerprint density at radius 3 is 2.20 bits per heavy atom. The summed E-state index contributed by atoms with van der Waals surface area (Å²) in [5, 5.41) is 0. The summed E-state index contributed by atoms with van der Waals surface area (Å²) in [6.45, 7) is 7.97. The Balaban J connectivity index is 1.26. The lowest BCUT2D eigenvalue weighted by Gasteiger charge is -2.34. The van der Waals surface area contributed by atoms with Crippen molar-refractivity contribution >= 4 is 0 Å². The molecule has 2 heterocycles. The number of hydrogen-bond donors (Lipinski definition) is 0. The number of piperazine rings is 1. The van der Waals surface area contributed by atoms with Crippen LogP contribution in [0, 0.1) is 6.92 Å². The largest absolute Gasteiger partial charge is 0.482 e. The highest BCUT2D eigenvalue weighted by Gasteiger charge is 2.18. The molecule has 0 radical (unpaired) electrons. The van der Waals surface area contributed by atoms with Crippen LogP contribution in [0.4, 0.5) is 0 Å². The summed E-state index contributed by atoms with van der Waals surface area (Å²) in [6, 6.07) is 20.2. The van der Waals surface area contributed by atoms with E-state index in [-0.39, 0.29) is 11.2 Å². The quantitative estimate of drug-likeness (QED) is 0.599. The first-order chi connectivity index (χ1) is 14.7. The molecule has 0 aliphatic carbocycles. The van der Waals surface area contributed by atoms with E-state index in [2.05, 4.69) is 34.1 Å². The summed E-state index contributed by atoms with van der Waals surface area (Å²) in [4.78, 5) is 17.2. The molecule has 156 valence electrons. The molecule has 5 heteroatoms. The van der Waals surface area contributed by atoms with Crippen LogP contribution in [0.25, 0.3) is 0 Å². The van der Waals surface area contributed by atoms with E-state index in [1.165, 1.54) is 17.4 Å². The molecule has 0 N–H and O–H groups in total. The SMILES string of the molecule is Cc1ccc(COc2coc(CN3CCN(Cc4ccccc4)CC3)cc2=O)cc1. The van der Waals surface area contributed by atoms with Crippen LogP contribution in [0.2, 0.25) is 0 Å². The van der Waals surface area contributed by atoms with Gasteiger partial charge in [-0.1, -0.05) is 60.2 Å². The van der Waals surface area contributed by atoms with Crippen molar-refractivity contribution in [3.8, 4) is 5.75 Å². The van der Waals surface area contributed by atoms with E-state index >= 15 is 0 Å². The van der Waals surface area contributed by atoms with Crippen LogP contribution in [0.15, 0.2) is 76.1 Å². The highest BCUT2D eigenvalue weighted by Crippen LogP contribution is 2.14. The van der Waals surface area contributed by atoms with Gasteiger partial charge in [0.25, 0.3) is 0 Å². The summed E-state index contributed by atoms with van der Waals surface area (Å²) in [5.74, 6) is 0.936. The van der Waals surface area contributed by atoms with Gasteiger partial charge in [0, 0.05) is 38.8 Å². The van der Waals surface area contributed by atoms with E-state index < -0.39 is 0 Å². The summed E-state index contributed by atoms with van der Waals surface area (Å²) < 4.78 is 11.3. The van der Waals surface area contributed by atoms with E-state index in [9.17, 15) is 4.79 Å². The van der Waals surface area contributed by atoms with Crippen molar-refractivity contribution in [3.63, 3.8) is 0 Å². The lowest BCUT2D eigenvalue weighted by Crippen LogP contribution is -2.45. The zero-order valence-electron chi connectivity index (χ0n) is 17.4. The van der Waals surface area contributed by atoms with Gasteiger partial charge in [0.2, 0.25) is 11.2 Å². The average molecular weight is 405 g/mol. The molecule has 0 bridgehead atoms. The summed E-state index contributed by atoms with van der Waals surface area (Å²) in [6.07, 6.45) is 1.44. The number of ether oxygens (including phenoxy) is 1. The summed E-state index contributed by atoms with van der Waals surface area (Å²) in [7, 11) is 0. The van der Waals surface area contributed by atoms with Crippen molar-refractivity contribution in [2.75, 3.05) is 26.2 Å². The van der Waals surface area contributed by atoms with Gasteiger partial charge in [-0.05, 0) is 18.1 Å². The predicted octanol–water partition coefficient (Wildman–Crippen LogP) is 3.85. The van der Waals surface area contributed by atoms with Gasteiger partial charge in [-0.2, -0.15) is 0 Å². The monoisotopic (exact) mass is 404 g/mol. The van der Waals surface area contributed by atoms with E-state index in [1.807, 2.05) is 37.3 Å². The molecule has 0 atom stereocenters. The minimum Gasteiger partial charge on any atom is -0.482 e. The van der Waals surface area contributed by atoms with Gasteiger partial charge in [0.05, 0.1) is 6.54 Å². The van der Waals surface area contributed by atoms with Crippen LogP contribution in [-0.4, -0.2) is 36.0 Å². The Labute approximate surface area is 177 Å². The maximum Gasteiger partial charge on any atom is 0.227 e. The number of benzene rings is 2. The maximum absolute atomic E-state index is 12.4. The zero-order valence-corrected chi connectivity index (χ0v) is 17.4. The van der Waals surface area contributed by atoms with Crippen LogP contribution < -0.4 is 10.2 Å². The predicted molar refractivity (Wildman–Crippen MR) is 117 cm³/mol. The first-order valence-corrected chi connectivity index (χ1v) is 10.4. The van der Waals surface area contributed by atoms with E-state index in [0.717, 1.165) is 38.3 Å². The molecule has 4 rings (SSSR count). The molecule has 1 saturated heterocycles. The number of hydrogen-bond acceptors (Lipinski definition) is 5. The topological polar surface area (TPSA) is 45.9 Å². The smallest absolute Gasteiger partial charge is 0.227 e. The fraction of sp³-hybridized carbons (Fsp3) is 0.320. The molecule has 1 aliphatic rings. The third-order valence-corrected chi connectivity index (χ3v) is 5.46. The number of nitrogens with zero attached hydrogens (tertiary/aromatic N) is 2. The van der Waals surface area contributed by atoms with Crippen molar-refractivity contribution < 1.29 is 9.15 Å². The molecular weight excluding hydrogens is 376 g/mol. The van der Waals surface area contributed by atoms with Crippen molar-refractivity contribution in [2.45, 2.75) is 26.6 Å². The highest BCUT2D eigenvalue weighted by molar-refractivity contribution is 5.23. The average Bonchev–Trinajstić information content (AvgIpc) is 2.76. The van der Waals surface area contributed by atoms with Crippen LogP contribution in [-0.2, 0) is 19.7 Å². The molecule has 0 unspecified atom stereocenters. The first-order valence-electron chi connectivity index (χ1n) is 10.4. The van der Waals surface area contributed by atoms with Crippen molar-refractivity contribution in [3.05, 3.63) is 99.6 Å². The lowest BCUT2D eigenvalue weighted by molar-refractivity contribution is 0.115. The molecule has 2 aromatic carbocycles. The summed E-state index contributed by atoms with van der Waals surface area (Å²) in [5.41, 5.74) is 3.44. The van der Waals surface area contributed by atoms with Crippen LogP contribution in [0.3, 0.4) is 0 Å². The van der Waals surface area contributed by atoms with Gasteiger partial charge in [0.15, 0.2) is 0 Å². The molecule has 1 aliphatic heterocycles. The Bertz CT molecular complexity index is 991. The van der Waals surface area contributed by atoms with Gasteiger partial charge in [-0.3, -0.25) is 14.6 Å². The second-order valence-electron chi connectivity index (χ2n) is 7.89. The summed E-state index contributed by atoms with van der Waals surface area (Å²) >= 11 is 0. The van der Waals surface area contributed by atoms with Crippen LogP contribution in [0.5, 0.6) is 5.75 Å². The first kappa shape index (κ1) is 20.4. The van der Waals surface area contributed by atoms with Crippen LogP contribution in [0.1, 0.15) is 22.5 Å². The minimum absolute atomic E-state index is 0.133. The highest BCUT2D eigenvalue weighted by atomic mass is 16.5. The van der Waals surface area contributed by atoms with Crippen molar-refractivity contribution in [1.29, 1.82) is 0 Å². The third-order valence-electron chi connectivity index (χ3n) is 5.46. The molecule has 1 fully saturated rings. The second-order valence-corrected chi connectivity index (χ2v) is 7.89. The van der Waals surface area contributed by atoms with Gasteiger partial charge in [0.1, 0.15) is 18.6 Å². The second kappa shape index (κ2) is 9.74. The molecule has 3 aromatic rings. The zero-order chi connectivity index (χ0) is 20.8. The third kappa shape index (κ3) is 5.59. The molecule has 0 saturated carbocycles. The minimum atomic E-state index is -0.133. The van der Waals surface area contributed by atoms with Crippen LogP contribution >= 0.6 is 0 Å². The molecule has 0 spiro atoms. The standard InChI is InChI=1S/C25H28N2O3/c1-20-7-9-22(10-8-20)18-30-25-19-29-23(15-24(25)28)17-27-13-11-26(12-14-27)16-21-5-3-2-4-6-21/h2-10,15,19H,11-14,16-18H2,1H3. The molecule has 1 aromatic heterocycles. The van der Waals surface area contributed by atoms with Gasteiger partial charge in [-0.25, -0.2) is 0 Å². The fourth-order valence-corrected chi connectivity index (χ4v) is 3.64. The Morgan fingerprint density at radius 2 is 1.53 bits per heavy atom. The molecule has 0 amide bonds. The normalized spacial score (nSPS) is 15.2. The van der Waals surface area contributed by atoms with Crippen molar-refractivity contribution in [1.82, 2.24) is 9.80 Å². The molecular formula is C25H28N2O3. The van der Waals surface area contributed by atoms with E-state index in [0.29, 0.717) is 18.9 Å². The van der Waals surface area contributed by atoms with Gasteiger partial charge < -0.3 is 9.15 Å². The number of rotatable bonds is 7. The van der Waals surface area contributed by atoms with E-state index in [4.69, 9.17) is 9.15 Å². The Morgan fingerprint density at radius 1 is 0.867 bits per heavy atom. The maximum atomic E-state index is 12.4.